The average Bonchev–Trinajstić information content (AvgIpc) is 2.91. The van der Waals surface area contributed by atoms with Gasteiger partial charge in [-0.1, -0.05) is 11.6 Å². The summed E-state index contributed by atoms with van der Waals surface area (Å²) in [7, 11) is 0. The lowest BCUT2D eigenvalue weighted by molar-refractivity contribution is 0.0840. The van der Waals surface area contributed by atoms with E-state index in [1.807, 2.05) is 0 Å². The van der Waals surface area contributed by atoms with E-state index in [0.29, 0.717) is 16.7 Å². The van der Waals surface area contributed by atoms with Gasteiger partial charge in [0.25, 0.3) is 5.91 Å². The molecule has 1 amide bonds. The highest BCUT2D eigenvalue weighted by molar-refractivity contribution is 6.33. The molecule has 5 heteroatoms. The molecule has 3 rings (SSSR count). The highest BCUT2D eigenvalue weighted by atomic mass is 35.5. The molecule has 90 valence electrons. The van der Waals surface area contributed by atoms with Crippen LogP contribution < -0.4 is 5.32 Å². The van der Waals surface area contributed by atoms with Gasteiger partial charge in [0.05, 0.1) is 28.8 Å². The van der Waals surface area contributed by atoms with E-state index in [1.165, 1.54) is 6.20 Å². The van der Waals surface area contributed by atoms with Crippen molar-refractivity contribution in [2.24, 2.45) is 0 Å². The fourth-order valence-corrected chi connectivity index (χ4v) is 2.77. The molecule has 2 aliphatic rings. The molecule has 3 heterocycles. The molecule has 1 N–H and O–H groups in total. The van der Waals surface area contributed by atoms with E-state index in [9.17, 15) is 4.79 Å². The largest absolute Gasteiger partial charge is 0.373 e. The normalized spacial score (nSPS) is 30.5. The molecule has 3 unspecified atom stereocenters. The van der Waals surface area contributed by atoms with Crippen LogP contribution in [0.1, 0.15) is 29.6 Å². The zero-order valence-electron chi connectivity index (χ0n) is 9.23. The standard InChI is InChI=1S/C12H13ClN2O2/c13-9-3-4-14-6-8(9)12(16)15-10-5-7-1-2-11(10)17-7/h3-4,6-7,10-11H,1-2,5H2,(H,15,16). The summed E-state index contributed by atoms with van der Waals surface area (Å²) in [5, 5.41) is 3.41. The van der Waals surface area contributed by atoms with Gasteiger partial charge >= 0.3 is 0 Å². The van der Waals surface area contributed by atoms with Crippen LogP contribution in [0.5, 0.6) is 0 Å². The Labute approximate surface area is 104 Å². The van der Waals surface area contributed by atoms with Crippen molar-refractivity contribution in [2.45, 2.75) is 37.5 Å². The maximum absolute atomic E-state index is 12.0. The highest BCUT2D eigenvalue weighted by Crippen LogP contribution is 2.34. The summed E-state index contributed by atoms with van der Waals surface area (Å²) in [6, 6.07) is 1.74. The van der Waals surface area contributed by atoms with E-state index in [0.717, 1.165) is 19.3 Å². The number of halogens is 1. The molecule has 1 aromatic rings. The first-order valence-electron chi connectivity index (χ1n) is 5.80. The molecule has 4 nitrogen and oxygen atoms in total. The lowest BCUT2D eigenvalue weighted by Gasteiger charge is -2.20. The maximum atomic E-state index is 12.0. The minimum Gasteiger partial charge on any atom is -0.373 e. The molecule has 1 aromatic heterocycles. The van der Waals surface area contributed by atoms with Crippen LogP contribution in [0, 0.1) is 0 Å². The first-order valence-corrected chi connectivity index (χ1v) is 6.17. The Morgan fingerprint density at radius 1 is 1.53 bits per heavy atom. The van der Waals surface area contributed by atoms with E-state index in [4.69, 9.17) is 16.3 Å². The summed E-state index contributed by atoms with van der Waals surface area (Å²) in [4.78, 5) is 15.9. The van der Waals surface area contributed by atoms with E-state index in [2.05, 4.69) is 10.3 Å². The Balaban J connectivity index is 1.70. The van der Waals surface area contributed by atoms with Gasteiger partial charge in [-0.25, -0.2) is 0 Å². The number of ether oxygens (including phenoxy) is 1. The Hall–Kier alpha value is -1.13. The first-order chi connectivity index (χ1) is 8.24. The van der Waals surface area contributed by atoms with Crippen molar-refractivity contribution in [1.82, 2.24) is 10.3 Å². The summed E-state index contributed by atoms with van der Waals surface area (Å²) in [6.07, 6.45) is 6.63. The molecule has 2 bridgehead atoms. The van der Waals surface area contributed by atoms with Gasteiger partial charge < -0.3 is 10.1 Å². The summed E-state index contributed by atoms with van der Waals surface area (Å²) >= 11 is 5.95. The number of carbonyl (C=O) groups excluding carboxylic acids is 1. The van der Waals surface area contributed by atoms with Gasteiger partial charge in [0.1, 0.15) is 0 Å². The maximum Gasteiger partial charge on any atom is 0.254 e. The molecule has 3 atom stereocenters. The number of hydrogen-bond acceptors (Lipinski definition) is 3. The molecule has 0 saturated carbocycles. The van der Waals surface area contributed by atoms with Crippen LogP contribution in [0.2, 0.25) is 5.02 Å². The van der Waals surface area contributed by atoms with Crippen LogP contribution >= 0.6 is 11.6 Å². The van der Waals surface area contributed by atoms with E-state index in [1.54, 1.807) is 12.3 Å². The quantitative estimate of drug-likeness (QED) is 0.873. The number of pyridine rings is 1. The number of fused-ring (bicyclic) bond motifs is 2. The summed E-state index contributed by atoms with van der Waals surface area (Å²) < 4.78 is 5.69. The van der Waals surface area contributed by atoms with Gasteiger partial charge in [-0.15, -0.1) is 0 Å². The molecule has 2 saturated heterocycles. The molecule has 0 radical (unpaired) electrons. The second-order valence-electron chi connectivity index (χ2n) is 4.55. The topological polar surface area (TPSA) is 51.2 Å². The van der Waals surface area contributed by atoms with E-state index >= 15 is 0 Å². The molecule has 2 fully saturated rings. The van der Waals surface area contributed by atoms with Crippen molar-refractivity contribution in [3.63, 3.8) is 0 Å². The Bertz CT molecular complexity index is 452. The van der Waals surface area contributed by atoms with Gasteiger partial charge in [-0.3, -0.25) is 9.78 Å². The van der Waals surface area contributed by atoms with Crippen molar-refractivity contribution in [3.8, 4) is 0 Å². The van der Waals surface area contributed by atoms with Gasteiger partial charge in [-0.2, -0.15) is 0 Å². The number of hydrogen-bond donors (Lipinski definition) is 1. The summed E-state index contributed by atoms with van der Waals surface area (Å²) in [6.45, 7) is 0. The second-order valence-corrected chi connectivity index (χ2v) is 4.95. The Kier molecular flexibility index (Phi) is 2.76. The fourth-order valence-electron chi connectivity index (χ4n) is 2.58. The van der Waals surface area contributed by atoms with E-state index in [-0.39, 0.29) is 18.1 Å². The number of amides is 1. The second kappa shape index (κ2) is 4.27. The minimum absolute atomic E-state index is 0.123. The SMILES string of the molecule is O=C(NC1CC2CCC1O2)c1cnccc1Cl. The predicted molar refractivity (Wildman–Crippen MR) is 63.0 cm³/mol. The minimum atomic E-state index is -0.163. The van der Waals surface area contributed by atoms with Crippen LogP contribution in [0.15, 0.2) is 18.5 Å². The third-order valence-electron chi connectivity index (χ3n) is 3.43. The van der Waals surface area contributed by atoms with Crippen molar-refractivity contribution >= 4 is 17.5 Å². The molecule has 0 aliphatic carbocycles. The smallest absolute Gasteiger partial charge is 0.254 e. The van der Waals surface area contributed by atoms with Crippen LogP contribution in [0.25, 0.3) is 0 Å². The van der Waals surface area contributed by atoms with Gasteiger partial charge in [0.15, 0.2) is 0 Å². The van der Waals surface area contributed by atoms with Crippen molar-refractivity contribution in [3.05, 3.63) is 29.0 Å². The zero-order chi connectivity index (χ0) is 11.8. The third-order valence-corrected chi connectivity index (χ3v) is 3.76. The average molecular weight is 253 g/mol. The van der Waals surface area contributed by atoms with Crippen molar-refractivity contribution < 1.29 is 9.53 Å². The van der Waals surface area contributed by atoms with Crippen LogP contribution in [0.4, 0.5) is 0 Å². The lowest BCUT2D eigenvalue weighted by Crippen LogP contribution is -2.41. The monoisotopic (exact) mass is 252 g/mol. The third kappa shape index (κ3) is 2.03. The summed E-state index contributed by atoms with van der Waals surface area (Å²) in [5.41, 5.74) is 0.428. The fraction of sp³-hybridized carbons (Fsp3) is 0.500. The molecular formula is C12H13ClN2O2. The van der Waals surface area contributed by atoms with Gasteiger partial charge in [0.2, 0.25) is 0 Å². The lowest BCUT2D eigenvalue weighted by atomic mass is 9.95. The number of aromatic nitrogens is 1. The van der Waals surface area contributed by atoms with E-state index < -0.39 is 0 Å². The molecule has 17 heavy (non-hydrogen) atoms. The molecule has 0 spiro atoms. The molecular weight excluding hydrogens is 240 g/mol. The van der Waals surface area contributed by atoms with Gasteiger partial charge in [0, 0.05) is 12.4 Å². The van der Waals surface area contributed by atoms with Crippen LogP contribution in [-0.4, -0.2) is 29.1 Å². The van der Waals surface area contributed by atoms with Crippen molar-refractivity contribution in [2.75, 3.05) is 0 Å². The Morgan fingerprint density at radius 3 is 3.06 bits per heavy atom. The summed E-state index contributed by atoms with van der Waals surface area (Å²) in [5.74, 6) is -0.163. The molecule has 2 aliphatic heterocycles. The highest BCUT2D eigenvalue weighted by Gasteiger charge is 2.41. The Morgan fingerprint density at radius 2 is 2.41 bits per heavy atom. The van der Waals surface area contributed by atoms with Crippen LogP contribution in [0.3, 0.4) is 0 Å². The zero-order valence-corrected chi connectivity index (χ0v) is 9.98. The predicted octanol–water partition coefficient (Wildman–Crippen LogP) is 1.78. The number of nitrogens with zero attached hydrogens (tertiary/aromatic N) is 1. The number of nitrogens with one attached hydrogen (secondary N) is 1. The van der Waals surface area contributed by atoms with Crippen molar-refractivity contribution in [1.29, 1.82) is 0 Å². The molecule has 0 aromatic carbocycles. The number of rotatable bonds is 2. The van der Waals surface area contributed by atoms with Crippen LogP contribution in [-0.2, 0) is 4.74 Å². The number of carbonyl (C=O) groups is 1. The first kappa shape index (κ1) is 11.0. The van der Waals surface area contributed by atoms with Gasteiger partial charge in [-0.05, 0) is 25.3 Å².